The topological polar surface area (TPSA) is 36.4 Å². The highest BCUT2D eigenvalue weighted by atomic mass is 32.2. The van der Waals surface area contributed by atoms with Crippen LogP contribution >= 0.6 is 23.1 Å². The van der Waals surface area contributed by atoms with Crippen LogP contribution in [0.3, 0.4) is 0 Å². The van der Waals surface area contributed by atoms with Crippen LogP contribution in [0.15, 0.2) is 57.7 Å². The van der Waals surface area contributed by atoms with Gasteiger partial charge >= 0.3 is 0 Å². The van der Waals surface area contributed by atoms with Crippen molar-refractivity contribution in [1.82, 2.24) is 10.6 Å². The molecule has 1 aromatic heterocycles. The predicted molar refractivity (Wildman–Crippen MR) is 99.1 cm³/mol. The van der Waals surface area contributed by atoms with Gasteiger partial charge in [-0.1, -0.05) is 31.2 Å². The highest BCUT2D eigenvalue weighted by Crippen LogP contribution is 2.21. The first-order valence-corrected chi connectivity index (χ1v) is 9.22. The minimum atomic E-state index is 0.484. The zero-order valence-corrected chi connectivity index (χ0v) is 14.7. The molecule has 0 fully saturated rings. The monoisotopic (exact) mass is 333 g/mol. The van der Waals surface area contributed by atoms with Crippen molar-refractivity contribution in [3.8, 4) is 0 Å². The SMILES string of the molecule is CN=C(NCCc1cccs1)NCC(C)Sc1ccccc1. The second-order valence-corrected chi connectivity index (χ2v) is 7.49. The number of thioether (sulfide) groups is 1. The molecule has 3 nitrogen and oxygen atoms in total. The van der Waals surface area contributed by atoms with E-state index in [2.05, 4.69) is 64.3 Å². The molecule has 1 unspecified atom stereocenters. The van der Waals surface area contributed by atoms with Crippen LogP contribution in [-0.4, -0.2) is 31.3 Å². The van der Waals surface area contributed by atoms with Gasteiger partial charge < -0.3 is 10.6 Å². The predicted octanol–water partition coefficient (Wildman–Crippen LogP) is 3.64. The lowest BCUT2D eigenvalue weighted by Crippen LogP contribution is -2.40. The van der Waals surface area contributed by atoms with Crippen LogP contribution in [0.2, 0.25) is 0 Å². The number of nitrogens with one attached hydrogen (secondary N) is 2. The summed E-state index contributed by atoms with van der Waals surface area (Å²) in [6, 6.07) is 14.8. The summed E-state index contributed by atoms with van der Waals surface area (Å²) in [7, 11) is 1.81. The quantitative estimate of drug-likeness (QED) is 0.461. The number of hydrogen-bond donors (Lipinski definition) is 2. The summed E-state index contributed by atoms with van der Waals surface area (Å²) in [5, 5.41) is 9.35. The zero-order valence-electron chi connectivity index (χ0n) is 13.1. The summed E-state index contributed by atoms with van der Waals surface area (Å²) in [6.45, 7) is 4.02. The van der Waals surface area contributed by atoms with Gasteiger partial charge in [0.2, 0.25) is 0 Å². The lowest BCUT2D eigenvalue weighted by molar-refractivity contribution is 0.784. The van der Waals surface area contributed by atoms with E-state index in [-0.39, 0.29) is 0 Å². The molecule has 0 radical (unpaired) electrons. The van der Waals surface area contributed by atoms with E-state index in [1.54, 1.807) is 11.3 Å². The Morgan fingerprint density at radius 2 is 2.00 bits per heavy atom. The molecule has 22 heavy (non-hydrogen) atoms. The Morgan fingerprint density at radius 1 is 1.18 bits per heavy atom. The molecule has 0 spiro atoms. The Labute approximate surface area is 141 Å². The first kappa shape index (κ1) is 16.9. The van der Waals surface area contributed by atoms with Gasteiger partial charge in [0.25, 0.3) is 0 Å². The van der Waals surface area contributed by atoms with Crippen molar-refractivity contribution in [1.29, 1.82) is 0 Å². The van der Waals surface area contributed by atoms with Gasteiger partial charge in [0.15, 0.2) is 5.96 Å². The number of thiophene rings is 1. The second kappa shape index (κ2) is 9.54. The average molecular weight is 334 g/mol. The van der Waals surface area contributed by atoms with E-state index in [9.17, 15) is 0 Å². The molecular formula is C17H23N3S2. The molecule has 0 bridgehead atoms. The second-order valence-electron chi connectivity index (χ2n) is 4.95. The van der Waals surface area contributed by atoms with E-state index < -0.39 is 0 Å². The van der Waals surface area contributed by atoms with Crippen molar-refractivity contribution in [3.05, 3.63) is 52.7 Å². The number of rotatable bonds is 7. The Hall–Kier alpha value is -1.46. The van der Waals surface area contributed by atoms with Crippen molar-refractivity contribution in [2.75, 3.05) is 20.1 Å². The van der Waals surface area contributed by atoms with E-state index in [4.69, 9.17) is 0 Å². The smallest absolute Gasteiger partial charge is 0.191 e. The van der Waals surface area contributed by atoms with Crippen LogP contribution in [0.4, 0.5) is 0 Å². The van der Waals surface area contributed by atoms with Crippen LogP contribution in [0, 0.1) is 0 Å². The van der Waals surface area contributed by atoms with E-state index in [1.807, 2.05) is 24.9 Å². The summed E-state index contributed by atoms with van der Waals surface area (Å²) in [6.07, 6.45) is 1.03. The molecule has 0 saturated carbocycles. The molecule has 1 aromatic carbocycles. The van der Waals surface area contributed by atoms with Crippen LogP contribution in [0.1, 0.15) is 11.8 Å². The van der Waals surface area contributed by atoms with Crippen LogP contribution < -0.4 is 10.6 Å². The minimum Gasteiger partial charge on any atom is -0.356 e. The first-order valence-electron chi connectivity index (χ1n) is 7.46. The molecule has 0 aliphatic heterocycles. The largest absolute Gasteiger partial charge is 0.356 e. The van der Waals surface area contributed by atoms with E-state index in [1.165, 1.54) is 9.77 Å². The Kier molecular flexibility index (Phi) is 7.33. The zero-order chi connectivity index (χ0) is 15.6. The van der Waals surface area contributed by atoms with Gasteiger partial charge in [-0.15, -0.1) is 23.1 Å². The molecule has 0 saturated heterocycles. The number of aliphatic imine (C=N–C) groups is 1. The molecule has 1 atom stereocenters. The Morgan fingerprint density at radius 3 is 2.68 bits per heavy atom. The number of benzene rings is 1. The van der Waals surface area contributed by atoms with Crippen LogP contribution in [-0.2, 0) is 6.42 Å². The first-order chi connectivity index (χ1) is 10.8. The molecule has 0 amide bonds. The normalized spacial score (nSPS) is 12.9. The molecule has 2 aromatic rings. The lowest BCUT2D eigenvalue weighted by atomic mass is 10.3. The third kappa shape index (κ3) is 6.12. The summed E-state index contributed by atoms with van der Waals surface area (Å²) >= 11 is 3.67. The standard InChI is InChI=1S/C17H23N3S2/c1-14(22-16-7-4-3-5-8-16)13-20-17(18-2)19-11-10-15-9-6-12-21-15/h3-9,12,14H,10-11,13H2,1-2H3,(H2,18,19,20). The molecule has 2 rings (SSSR count). The lowest BCUT2D eigenvalue weighted by Gasteiger charge is -2.15. The Bertz CT molecular complexity index is 553. The van der Waals surface area contributed by atoms with E-state index >= 15 is 0 Å². The maximum Gasteiger partial charge on any atom is 0.191 e. The molecule has 5 heteroatoms. The third-order valence-electron chi connectivity index (χ3n) is 3.10. The van der Waals surface area contributed by atoms with Crippen LogP contribution in [0.5, 0.6) is 0 Å². The third-order valence-corrected chi connectivity index (χ3v) is 5.15. The van der Waals surface area contributed by atoms with Crippen molar-refractivity contribution >= 4 is 29.1 Å². The summed E-state index contributed by atoms with van der Waals surface area (Å²) in [4.78, 5) is 6.98. The molecular weight excluding hydrogens is 310 g/mol. The van der Waals surface area contributed by atoms with Crippen molar-refractivity contribution in [2.45, 2.75) is 23.5 Å². The number of hydrogen-bond acceptors (Lipinski definition) is 3. The van der Waals surface area contributed by atoms with Crippen LogP contribution in [0.25, 0.3) is 0 Å². The molecule has 0 aliphatic rings. The fraction of sp³-hybridized carbons (Fsp3) is 0.353. The maximum absolute atomic E-state index is 4.27. The average Bonchev–Trinajstić information content (AvgIpc) is 3.05. The molecule has 118 valence electrons. The summed E-state index contributed by atoms with van der Waals surface area (Å²) in [5.74, 6) is 0.872. The van der Waals surface area contributed by atoms with Gasteiger partial charge in [-0.25, -0.2) is 0 Å². The van der Waals surface area contributed by atoms with Gasteiger partial charge in [0.05, 0.1) is 0 Å². The highest BCUT2D eigenvalue weighted by molar-refractivity contribution is 8.00. The van der Waals surface area contributed by atoms with Gasteiger partial charge in [-0.05, 0) is 30.0 Å². The maximum atomic E-state index is 4.27. The minimum absolute atomic E-state index is 0.484. The van der Waals surface area contributed by atoms with Gasteiger partial charge in [-0.3, -0.25) is 4.99 Å². The van der Waals surface area contributed by atoms with Crippen molar-refractivity contribution < 1.29 is 0 Å². The van der Waals surface area contributed by atoms with Crippen molar-refractivity contribution in [2.24, 2.45) is 4.99 Å². The van der Waals surface area contributed by atoms with Gasteiger partial charge in [0.1, 0.15) is 0 Å². The van der Waals surface area contributed by atoms with Crippen molar-refractivity contribution in [3.63, 3.8) is 0 Å². The molecule has 0 aliphatic carbocycles. The Balaban J connectivity index is 1.67. The number of guanidine groups is 1. The molecule has 2 N–H and O–H groups in total. The summed E-state index contributed by atoms with van der Waals surface area (Å²) in [5.41, 5.74) is 0. The van der Waals surface area contributed by atoms with E-state index in [0.717, 1.165) is 25.5 Å². The van der Waals surface area contributed by atoms with Gasteiger partial charge in [-0.2, -0.15) is 0 Å². The van der Waals surface area contributed by atoms with Gasteiger partial charge in [0, 0.05) is 35.2 Å². The highest BCUT2D eigenvalue weighted by Gasteiger charge is 2.05. The number of nitrogens with zero attached hydrogens (tertiary/aromatic N) is 1. The molecule has 1 heterocycles. The fourth-order valence-corrected chi connectivity index (χ4v) is 3.65. The fourth-order valence-electron chi connectivity index (χ4n) is 1.99. The summed E-state index contributed by atoms with van der Waals surface area (Å²) < 4.78 is 0. The van der Waals surface area contributed by atoms with E-state index in [0.29, 0.717) is 5.25 Å².